The van der Waals surface area contributed by atoms with Crippen LogP contribution in [0.15, 0.2) is 41.4 Å². The number of rotatable bonds is 2. The van der Waals surface area contributed by atoms with Crippen molar-refractivity contribution in [3.05, 3.63) is 47.0 Å². The Morgan fingerprint density at radius 1 is 1.42 bits per heavy atom. The molecule has 0 N–H and O–H groups in total. The summed E-state index contributed by atoms with van der Waals surface area (Å²) in [5.74, 6) is 0. The Balaban J connectivity index is 1.80. The SMILES string of the molecule is N#Cc1ccc(N2CCC(n3ccnc3)C2)c(Br)c1. The Kier molecular flexibility index (Phi) is 3.26. The molecule has 0 aliphatic carbocycles. The predicted octanol–water partition coefficient (Wildman–Crippen LogP) is 2.97. The van der Waals surface area contributed by atoms with E-state index in [0.29, 0.717) is 11.6 Å². The van der Waals surface area contributed by atoms with Crippen molar-refractivity contribution < 1.29 is 0 Å². The second kappa shape index (κ2) is 5.06. The Hall–Kier alpha value is -1.80. The molecule has 1 saturated heterocycles. The van der Waals surface area contributed by atoms with Gasteiger partial charge in [0.05, 0.1) is 29.7 Å². The molecule has 1 fully saturated rings. The molecule has 5 heteroatoms. The zero-order valence-corrected chi connectivity index (χ0v) is 11.9. The van der Waals surface area contributed by atoms with Crippen molar-refractivity contribution in [2.75, 3.05) is 18.0 Å². The van der Waals surface area contributed by atoms with Crippen molar-refractivity contribution in [3.63, 3.8) is 0 Å². The molecule has 4 nitrogen and oxygen atoms in total. The first-order valence-electron chi connectivity index (χ1n) is 6.20. The van der Waals surface area contributed by atoms with E-state index in [2.05, 4.69) is 36.5 Å². The van der Waals surface area contributed by atoms with Crippen molar-refractivity contribution >= 4 is 21.6 Å². The van der Waals surface area contributed by atoms with Crippen LogP contribution in [0.3, 0.4) is 0 Å². The lowest BCUT2D eigenvalue weighted by molar-refractivity contribution is 0.551. The van der Waals surface area contributed by atoms with Crippen molar-refractivity contribution in [1.82, 2.24) is 9.55 Å². The average molecular weight is 317 g/mol. The van der Waals surface area contributed by atoms with E-state index >= 15 is 0 Å². The summed E-state index contributed by atoms with van der Waals surface area (Å²) in [7, 11) is 0. The third-order valence-corrected chi connectivity index (χ3v) is 4.16. The molecular weight excluding hydrogens is 304 g/mol. The van der Waals surface area contributed by atoms with Crippen LogP contribution in [0.1, 0.15) is 18.0 Å². The largest absolute Gasteiger partial charge is 0.368 e. The highest BCUT2D eigenvalue weighted by Gasteiger charge is 2.24. The second-order valence-corrected chi connectivity index (χ2v) is 5.53. The van der Waals surface area contributed by atoms with E-state index in [1.807, 2.05) is 36.9 Å². The summed E-state index contributed by atoms with van der Waals surface area (Å²) in [5.41, 5.74) is 1.84. The molecular formula is C14H13BrN4. The summed E-state index contributed by atoms with van der Waals surface area (Å²) in [4.78, 5) is 6.45. The number of nitriles is 1. The molecule has 0 bridgehead atoms. The molecule has 1 atom stereocenters. The van der Waals surface area contributed by atoms with Gasteiger partial charge in [-0.1, -0.05) is 0 Å². The molecule has 1 unspecified atom stereocenters. The molecule has 0 saturated carbocycles. The van der Waals surface area contributed by atoms with Crippen LogP contribution in [0.25, 0.3) is 0 Å². The first kappa shape index (κ1) is 12.2. The molecule has 0 amide bonds. The van der Waals surface area contributed by atoms with Gasteiger partial charge in [-0.05, 0) is 40.5 Å². The maximum absolute atomic E-state index is 8.89. The number of anilines is 1. The van der Waals surface area contributed by atoms with Crippen LogP contribution >= 0.6 is 15.9 Å². The fourth-order valence-electron chi connectivity index (χ4n) is 2.52. The standard InChI is InChI=1S/C14H13BrN4/c15-13-7-11(8-16)1-2-14(13)18-5-3-12(9-18)19-6-4-17-10-19/h1-2,4,6-7,10,12H,3,5,9H2. The smallest absolute Gasteiger partial charge is 0.0992 e. The van der Waals surface area contributed by atoms with Crippen LogP contribution in [-0.2, 0) is 0 Å². The van der Waals surface area contributed by atoms with Crippen LogP contribution in [0.4, 0.5) is 5.69 Å². The van der Waals surface area contributed by atoms with E-state index in [0.717, 1.165) is 29.7 Å². The Labute approximate surface area is 120 Å². The van der Waals surface area contributed by atoms with Gasteiger partial charge in [0.15, 0.2) is 0 Å². The van der Waals surface area contributed by atoms with E-state index in [4.69, 9.17) is 5.26 Å². The predicted molar refractivity (Wildman–Crippen MR) is 77.0 cm³/mol. The number of benzene rings is 1. The highest BCUT2D eigenvalue weighted by Crippen LogP contribution is 2.32. The van der Waals surface area contributed by atoms with Gasteiger partial charge in [0.25, 0.3) is 0 Å². The van der Waals surface area contributed by atoms with Gasteiger partial charge in [0, 0.05) is 30.0 Å². The highest BCUT2D eigenvalue weighted by atomic mass is 79.9. The van der Waals surface area contributed by atoms with E-state index in [9.17, 15) is 0 Å². The number of aromatic nitrogens is 2. The van der Waals surface area contributed by atoms with Gasteiger partial charge in [-0.15, -0.1) is 0 Å². The topological polar surface area (TPSA) is 44.9 Å². The molecule has 2 aromatic rings. The summed E-state index contributed by atoms with van der Waals surface area (Å²) >= 11 is 3.55. The van der Waals surface area contributed by atoms with Crippen molar-refractivity contribution in [2.45, 2.75) is 12.5 Å². The maximum atomic E-state index is 8.89. The molecule has 1 aliphatic rings. The third kappa shape index (κ3) is 2.36. The molecule has 1 aliphatic heterocycles. The van der Waals surface area contributed by atoms with Crippen molar-refractivity contribution in [2.24, 2.45) is 0 Å². The second-order valence-electron chi connectivity index (χ2n) is 4.68. The average Bonchev–Trinajstić information content (AvgIpc) is 3.09. The normalized spacial score (nSPS) is 18.5. The summed E-state index contributed by atoms with van der Waals surface area (Å²) in [6.45, 7) is 1.99. The lowest BCUT2D eigenvalue weighted by Crippen LogP contribution is -2.20. The summed E-state index contributed by atoms with van der Waals surface area (Å²) in [6.07, 6.45) is 6.83. The number of halogens is 1. The van der Waals surface area contributed by atoms with Crippen LogP contribution < -0.4 is 4.90 Å². The fraction of sp³-hybridized carbons (Fsp3) is 0.286. The number of imidazole rings is 1. The number of hydrogen-bond donors (Lipinski definition) is 0. The minimum atomic E-state index is 0.477. The van der Waals surface area contributed by atoms with Crippen LogP contribution in [0, 0.1) is 11.3 Å². The zero-order valence-electron chi connectivity index (χ0n) is 10.3. The monoisotopic (exact) mass is 316 g/mol. The van der Waals surface area contributed by atoms with Crippen molar-refractivity contribution in [3.8, 4) is 6.07 Å². The summed E-state index contributed by atoms with van der Waals surface area (Å²) < 4.78 is 3.15. The Morgan fingerprint density at radius 2 is 2.32 bits per heavy atom. The van der Waals surface area contributed by atoms with E-state index in [1.54, 1.807) is 0 Å². The van der Waals surface area contributed by atoms with Crippen LogP contribution in [0.5, 0.6) is 0 Å². The van der Waals surface area contributed by atoms with Gasteiger partial charge in [0.2, 0.25) is 0 Å². The number of nitrogens with zero attached hydrogens (tertiary/aromatic N) is 4. The van der Waals surface area contributed by atoms with E-state index in [-0.39, 0.29) is 0 Å². The summed E-state index contributed by atoms with van der Waals surface area (Å²) in [6, 6.07) is 8.39. The molecule has 3 rings (SSSR count). The lowest BCUT2D eigenvalue weighted by atomic mass is 10.2. The number of hydrogen-bond acceptors (Lipinski definition) is 3. The fourth-order valence-corrected chi connectivity index (χ4v) is 3.15. The molecule has 2 heterocycles. The van der Waals surface area contributed by atoms with Gasteiger partial charge in [0.1, 0.15) is 0 Å². The molecule has 19 heavy (non-hydrogen) atoms. The Bertz CT molecular complexity index is 615. The van der Waals surface area contributed by atoms with E-state index in [1.165, 1.54) is 0 Å². The van der Waals surface area contributed by atoms with Crippen molar-refractivity contribution in [1.29, 1.82) is 5.26 Å². The van der Waals surface area contributed by atoms with Crippen LogP contribution in [0.2, 0.25) is 0 Å². The minimum absolute atomic E-state index is 0.477. The highest BCUT2D eigenvalue weighted by molar-refractivity contribution is 9.10. The zero-order chi connectivity index (χ0) is 13.2. The molecule has 0 spiro atoms. The molecule has 1 aromatic carbocycles. The quantitative estimate of drug-likeness (QED) is 0.855. The van der Waals surface area contributed by atoms with Gasteiger partial charge < -0.3 is 9.47 Å². The Morgan fingerprint density at radius 3 is 3.00 bits per heavy atom. The van der Waals surface area contributed by atoms with E-state index < -0.39 is 0 Å². The first-order valence-corrected chi connectivity index (χ1v) is 6.99. The lowest BCUT2D eigenvalue weighted by Gasteiger charge is -2.20. The molecule has 96 valence electrons. The van der Waals surface area contributed by atoms with Gasteiger partial charge in [-0.3, -0.25) is 0 Å². The van der Waals surface area contributed by atoms with Gasteiger partial charge in [-0.2, -0.15) is 5.26 Å². The third-order valence-electron chi connectivity index (χ3n) is 3.53. The van der Waals surface area contributed by atoms with Gasteiger partial charge in [-0.25, -0.2) is 4.98 Å². The maximum Gasteiger partial charge on any atom is 0.0992 e. The van der Waals surface area contributed by atoms with Gasteiger partial charge >= 0.3 is 0 Å². The van der Waals surface area contributed by atoms with Crippen LogP contribution in [-0.4, -0.2) is 22.6 Å². The molecule has 0 radical (unpaired) electrons. The minimum Gasteiger partial charge on any atom is -0.368 e. The first-order chi connectivity index (χ1) is 9.28. The molecule has 1 aromatic heterocycles. The summed E-state index contributed by atoms with van der Waals surface area (Å²) in [5, 5.41) is 8.89.